The van der Waals surface area contributed by atoms with Crippen molar-refractivity contribution in [3.05, 3.63) is 60.1 Å². The van der Waals surface area contributed by atoms with Gasteiger partial charge in [-0.15, -0.1) is 0 Å². The highest BCUT2D eigenvalue weighted by atomic mass is 19.4. The zero-order valence-electron chi connectivity index (χ0n) is 22.4. The predicted octanol–water partition coefficient (Wildman–Crippen LogP) is 5.87. The van der Waals surface area contributed by atoms with E-state index < -0.39 is 23.5 Å². The van der Waals surface area contributed by atoms with Crippen molar-refractivity contribution in [2.24, 2.45) is 5.41 Å². The van der Waals surface area contributed by atoms with E-state index in [-0.39, 0.29) is 28.9 Å². The quantitative estimate of drug-likeness (QED) is 0.418. The number of halogens is 3. The number of benzene rings is 1. The summed E-state index contributed by atoms with van der Waals surface area (Å²) in [5.74, 6) is -1.99. The van der Waals surface area contributed by atoms with Crippen molar-refractivity contribution in [2.45, 2.75) is 52.3 Å². The summed E-state index contributed by atoms with van der Waals surface area (Å²) >= 11 is 0. The molecule has 3 aromatic rings. The second-order valence-electron chi connectivity index (χ2n) is 10.9. The molecule has 0 unspecified atom stereocenters. The first-order valence-electron chi connectivity index (χ1n) is 12.7. The molecule has 1 saturated heterocycles. The van der Waals surface area contributed by atoms with Crippen LogP contribution in [-0.4, -0.2) is 52.9 Å². The van der Waals surface area contributed by atoms with Crippen LogP contribution in [-0.2, 0) is 11.0 Å². The number of oxazole rings is 1. The Morgan fingerprint density at radius 1 is 1.08 bits per heavy atom. The number of carbonyl (C=O) groups excluding carboxylic acids is 2. The molecule has 2 amide bonds. The van der Waals surface area contributed by atoms with Gasteiger partial charge in [0.15, 0.2) is 5.69 Å². The molecule has 1 aliphatic rings. The molecule has 8 nitrogen and oxygen atoms in total. The Morgan fingerprint density at radius 2 is 1.74 bits per heavy atom. The molecule has 0 spiro atoms. The molecule has 0 saturated carbocycles. The maximum Gasteiger partial charge on any atom is 0.452 e. The highest BCUT2D eigenvalue weighted by molar-refractivity contribution is 6.04. The lowest BCUT2D eigenvalue weighted by molar-refractivity contribution is -0.153. The molecule has 1 aromatic carbocycles. The van der Waals surface area contributed by atoms with Gasteiger partial charge in [0.25, 0.3) is 5.91 Å². The van der Waals surface area contributed by atoms with Gasteiger partial charge in [0, 0.05) is 38.2 Å². The SMILES string of the molecule is CN(C(=O)CC(C)(C)C)C1CCN(c2ccc(NC(=O)c3nc(-c4ccccc4)oc3C(F)(F)F)cn2)CC1. The van der Waals surface area contributed by atoms with Crippen LogP contribution in [0.25, 0.3) is 11.5 Å². The van der Waals surface area contributed by atoms with Gasteiger partial charge in [-0.1, -0.05) is 39.0 Å². The molecule has 3 heterocycles. The number of anilines is 2. The third-order valence-corrected chi connectivity index (χ3v) is 6.54. The van der Waals surface area contributed by atoms with Gasteiger partial charge in [0.05, 0.1) is 11.9 Å². The van der Waals surface area contributed by atoms with Crippen LogP contribution in [0.3, 0.4) is 0 Å². The Balaban J connectivity index is 1.39. The Bertz CT molecular complexity index is 1290. The zero-order chi connectivity index (χ0) is 28.4. The van der Waals surface area contributed by atoms with E-state index >= 15 is 0 Å². The summed E-state index contributed by atoms with van der Waals surface area (Å²) in [5.41, 5.74) is -0.373. The molecule has 0 radical (unpaired) electrons. The van der Waals surface area contributed by atoms with Gasteiger partial charge < -0.3 is 19.5 Å². The van der Waals surface area contributed by atoms with Crippen molar-refractivity contribution in [1.82, 2.24) is 14.9 Å². The largest absolute Gasteiger partial charge is 0.452 e. The summed E-state index contributed by atoms with van der Waals surface area (Å²) in [6.07, 6.45) is -1.42. The average Bonchev–Trinajstić information content (AvgIpc) is 3.35. The van der Waals surface area contributed by atoms with E-state index in [0.29, 0.717) is 30.9 Å². The number of rotatable bonds is 6. The number of nitrogens with zero attached hydrogens (tertiary/aromatic N) is 4. The molecule has 1 N–H and O–H groups in total. The number of aromatic nitrogens is 2. The van der Waals surface area contributed by atoms with Gasteiger partial charge in [-0.2, -0.15) is 13.2 Å². The second kappa shape index (κ2) is 11.1. The maximum absolute atomic E-state index is 13.6. The Kier molecular flexibility index (Phi) is 7.99. The number of carbonyl (C=O) groups is 2. The topological polar surface area (TPSA) is 91.6 Å². The highest BCUT2D eigenvalue weighted by Gasteiger charge is 2.42. The zero-order valence-corrected chi connectivity index (χ0v) is 22.4. The molecule has 0 bridgehead atoms. The third kappa shape index (κ3) is 6.96. The van der Waals surface area contributed by atoms with Crippen LogP contribution in [0.2, 0.25) is 0 Å². The van der Waals surface area contributed by atoms with Gasteiger partial charge in [0.2, 0.25) is 17.6 Å². The third-order valence-electron chi connectivity index (χ3n) is 6.54. The lowest BCUT2D eigenvalue weighted by Crippen LogP contribution is -2.46. The molecule has 11 heteroatoms. The van der Waals surface area contributed by atoms with Crippen LogP contribution >= 0.6 is 0 Å². The standard InChI is InChI=1S/C28H32F3N5O3/c1-27(2,3)16-22(37)35(4)20-12-14-36(15-13-20)21-11-10-19(17-32-21)33-25(38)23-24(28(29,30)31)39-26(34-23)18-8-6-5-7-9-18/h5-11,17,20H,12-16H2,1-4H3,(H,33,38). The van der Waals surface area contributed by atoms with E-state index in [1.807, 2.05) is 32.7 Å². The minimum Gasteiger partial charge on any atom is -0.431 e. The Labute approximate surface area is 225 Å². The fourth-order valence-electron chi connectivity index (χ4n) is 4.47. The fourth-order valence-corrected chi connectivity index (χ4v) is 4.47. The van der Waals surface area contributed by atoms with Crippen LogP contribution in [0, 0.1) is 5.41 Å². The van der Waals surface area contributed by atoms with Crippen molar-refractivity contribution in [1.29, 1.82) is 0 Å². The first kappa shape index (κ1) is 28.1. The number of pyridine rings is 1. The molecule has 208 valence electrons. The molecular formula is C28H32F3N5O3. The van der Waals surface area contributed by atoms with E-state index in [0.717, 1.165) is 12.8 Å². The number of alkyl halides is 3. The van der Waals surface area contributed by atoms with Crippen LogP contribution in [0.4, 0.5) is 24.7 Å². The number of amides is 2. The van der Waals surface area contributed by atoms with Gasteiger partial charge >= 0.3 is 6.18 Å². The second-order valence-corrected chi connectivity index (χ2v) is 10.9. The number of piperidine rings is 1. The number of nitrogens with one attached hydrogen (secondary N) is 1. The van der Waals surface area contributed by atoms with Crippen molar-refractivity contribution < 1.29 is 27.2 Å². The molecule has 2 aromatic heterocycles. The minimum atomic E-state index is -4.90. The van der Waals surface area contributed by atoms with Gasteiger partial charge in [-0.3, -0.25) is 9.59 Å². The Morgan fingerprint density at radius 3 is 2.31 bits per heavy atom. The molecule has 1 fully saturated rings. The van der Waals surface area contributed by atoms with Crippen LogP contribution in [0.15, 0.2) is 53.1 Å². The van der Waals surface area contributed by atoms with Crippen LogP contribution in [0.5, 0.6) is 0 Å². The Hall–Kier alpha value is -3.89. The molecule has 0 aliphatic carbocycles. The highest BCUT2D eigenvalue weighted by Crippen LogP contribution is 2.35. The lowest BCUT2D eigenvalue weighted by atomic mass is 9.91. The van der Waals surface area contributed by atoms with E-state index in [1.165, 1.54) is 6.20 Å². The van der Waals surface area contributed by atoms with E-state index in [1.54, 1.807) is 42.5 Å². The van der Waals surface area contributed by atoms with Crippen molar-refractivity contribution >= 4 is 23.3 Å². The molecule has 39 heavy (non-hydrogen) atoms. The monoisotopic (exact) mass is 543 g/mol. The van der Waals surface area contributed by atoms with Crippen LogP contribution < -0.4 is 10.2 Å². The van der Waals surface area contributed by atoms with Gasteiger partial charge in [-0.25, -0.2) is 9.97 Å². The molecular weight excluding hydrogens is 511 g/mol. The summed E-state index contributed by atoms with van der Waals surface area (Å²) in [6.45, 7) is 7.53. The minimum absolute atomic E-state index is 0.0701. The van der Waals surface area contributed by atoms with E-state index in [4.69, 9.17) is 4.42 Å². The number of hydrogen-bond acceptors (Lipinski definition) is 6. The summed E-state index contributed by atoms with van der Waals surface area (Å²) in [6, 6.07) is 11.5. The summed E-state index contributed by atoms with van der Waals surface area (Å²) in [5, 5.41) is 2.43. The van der Waals surface area contributed by atoms with Crippen LogP contribution in [0.1, 0.15) is 56.3 Å². The smallest absolute Gasteiger partial charge is 0.431 e. The molecule has 4 rings (SSSR count). The number of hydrogen-bond donors (Lipinski definition) is 1. The van der Waals surface area contributed by atoms with Crippen molar-refractivity contribution in [3.63, 3.8) is 0 Å². The van der Waals surface area contributed by atoms with E-state index in [2.05, 4.69) is 20.2 Å². The summed E-state index contributed by atoms with van der Waals surface area (Å²) in [7, 11) is 1.85. The summed E-state index contributed by atoms with van der Waals surface area (Å²) < 4.78 is 45.7. The van der Waals surface area contributed by atoms with Gasteiger partial charge in [-0.05, 0) is 42.5 Å². The first-order valence-corrected chi connectivity index (χ1v) is 12.7. The maximum atomic E-state index is 13.6. The molecule has 1 aliphatic heterocycles. The van der Waals surface area contributed by atoms with Gasteiger partial charge in [0.1, 0.15) is 5.82 Å². The van der Waals surface area contributed by atoms with E-state index in [9.17, 15) is 22.8 Å². The summed E-state index contributed by atoms with van der Waals surface area (Å²) in [4.78, 5) is 37.5. The van der Waals surface area contributed by atoms with Crippen molar-refractivity contribution in [3.8, 4) is 11.5 Å². The normalized spacial score (nSPS) is 14.8. The fraction of sp³-hybridized carbons (Fsp3) is 0.429. The first-order chi connectivity index (χ1) is 18.3. The average molecular weight is 544 g/mol. The van der Waals surface area contributed by atoms with Crippen molar-refractivity contribution in [2.75, 3.05) is 30.4 Å². The lowest BCUT2D eigenvalue weighted by Gasteiger charge is -2.38. The predicted molar refractivity (Wildman–Crippen MR) is 141 cm³/mol. The molecule has 0 atom stereocenters.